The molecule has 122 valence electrons. The Morgan fingerprint density at radius 3 is 2.91 bits per heavy atom. The van der Waals surface area contributed by atoms with Gasteiger partial charge in [0.2, 0.25) is 0 Å². The molecular weight excluding hydrogens is 332 g/mol. The Balaban J connectivity index is 1.82. The van der Waals surface area contributed by atoms with Crippen LogP contribution in [0.4, 0.5) is 5.00 Å². The summed E-state index contributed by atoms with van der Waals surface area (Å²) in [6.45, 7) is 4.13. The van der Waals surface area contributed by atoms with E-state index in [9.17, 15) is 14.7 Å². The SMILES string of the molecule is CCc1nc(C(=O)O)c(NC(=O)c2cc3c(s2)CCC(C)C3)s1. The molecule has 0 aliphatic heterocycles. The molecule has 0 aromatic carbocycles. The number of hydrogen-bond acceptors (Lipinski definition) is 5. The number of hydrogen-bond donors (Lipinski definition) is 2. The van der Waals surface area contributed by atoms with Crippen LogP contribution in [0.1, 0.15) is 55.9 Å². The standard InChI is InChI=1S/C16H18N2O3S2/c1-3-12-17-13(16(20)21)15(23-12)18-14(19)11-7-9-6-8(2)4-5-10(9)22-11/h7-8H,3-6H2,1-2H3,(H,18,19)(H,20,21). The third kappa shape index (κ3) is 3.30. The van der Waals surface area contributed by atoms with Gasteiger partial charge in [-0.15, -0.1) is 22.7 Å². The largest absolute Gasteiger partial charge is 0.476 e. The van der Waals surface area contributed by atoms with Gasteiger partial charge < -0.3 is 10.4 Å². The zero-order valence-electron chi connectivity index (χ0n) is 13.0. The number of thiophene rings is 1. The zero-order chi connectivity index (χ0) is 16.6. The summed E-state index contributed by atoms with van der Waals surface area (Å²) in [6.07, 6.45) is 3.84. The second-order valence-corrected chi connectivity index (χ2v) is 8.03. The van der Waals surface area contributed by atoms with Gasteiger partial charge in [-0.2, -0.15) is 0 Å². The number of carboxylic acid groups (broad SMARTS) is 1. The maximum atomic E-state index is 12.5. The molecule has 2 heterocycles. The Bertz CT molecular complexity index is 763. The van der Waals surface area contributed by atoms with Crippen LogP contribution in [0.15, 0.2) is 6.07 Å². The lowest BCUT2D eigenvalue weighted by Crippen LogP contribution is -2.12. The minimum absolute atomic E-state index is 0.0739. The van der Waals surface area contributed by atoms with Crippen molar-refractivity contribution in [2.24, 2.45) is 5.92 Å². The van der Waals surface area contributed by atoms with Crippen molar-refractivity contribution in [2.75, 3.05) is 5.32 Å². The molecule has 1 atom stereocenters. The summed E-state index contributed by atoms with van der Waals surface area (Å²) in [5.74, 6) is -0.707. The van der Waals surface area contributed by atoms with Crippen LogP contribution in [0.25, 0.3) is 0 Å². The maximum Gasteiger partial charge on any atom is 0.357 e. The van der Waals surface area contributed by atoms with Gasteiger partial charge in [0.1, 0.15) is 5.00 Å². The van der Waals surface area contributed by atoms with E-state index < -0.39 is 5.97 Å². The summed E-state index contributed by atoms with van der Waals surface area (Å²) in [5, 5.41) is 13.0. The molecule has 23 heavy (non-hydrogen) atoms. The molecule has 2 aromatic heterocycles. The van der Waals surface area contributed by atoms with E-state index in [1.807, 2.05) is 13.0 Å². The first kappa shape index (κ1) is 16.1. The third-order valence-electron chi connectivity index (χ3n) is 3.96. The smallest absolute Gasteiger partial charge is 0.357 e. The van der Waals surface area contributed by atoms with Crippen LogP contribution < -0.4 is 5.32 Å². The number of amides is 1. The number of aryl methyl sites for hydroxylation is 2. The Kier molecular flexibility index (Phi) is 4.50. The first-order valence-corrected chi connectivity index (χ1v) is 9.27. The molecule has 1 aliphatic carbocycles. The highest BCUT2D eigenvalue weighted by molar-refractivity contribution is 7.17. The number of carboxylic acids is 1. The third-order valence-corrected chi connectivity index (χ3v) is 6.31. The fraction of sp³-hybridized carbons (Fsp3) is 0.438. The first-order chi connectivity index (χ1) is 11.0. The Hall–Kier alpha value is -1.73. The summed E-state index contributed by atoms with van der Waals surface area (Å²) in [7, 11) is 0. The second kappa shape index (κ2) is 6.41. The lowest BCUT2D eigenvalue weighted by atomic mass is 9.90. The van der Waals surface area contributed by atoms with Crippen LogP contribution in [0.2, 0.25) is 0 Å². The molecule has 0 saturated heterocycles. The minimum atomic E-state index is -1.12. The monoisotopic (exact) mass is 350 g/mol. The van der Waals surface area contributed by atoms with Crippen LogP contribution in [0, 0.1) is 5.92 Å². The number of thiazole rings is 1. The fourth-order valence-corrected chi connectivity index (χ4v) is 4.72. The van der Waals surface area contributed by atoms with Crippen molar-refractivity contribution in [3.05, 3.63) is 32.1 Å². The number of carbonyl (C=O) groups excluding carboxylic acids is 1. The van der Waals surface area contributed by atoms with Gasteiger partial charge in [-0.05, 0) is 43.2 Å². The molecule has 2 aromatic rings. The number of nitrogens with zero attached hydrogens (tertiary/aromatic N) is 1. The van der Waals surface area contributed by atoms with Crippen LogP contribution in [-0.2, 0) is 19.3 Å². The lowest BCUT2D eigenvalue weighted by molar-refractivity contribution is 0.0692. The summed E-state index contributed by atoms with van der Waals surface area (Å²) < 4.78 is 0. The second-order valence-electron chi connectivity index (χ2n) is 5.81. The summed E-state index contributed by atoms with van der Waals surface area (Å²) in [5.41, 5.74) is 1.19. The normalized spacial score (nSPS) is 16.9. The van der Waals surface area contributed by atoms with Gasteiger partial charge in [0, 0.05) is 4.88 Å². The van der Waals surface area contributed by atoms with E-state index in [1.54, 1.807) is 0 Å². The van der Waals surface area contributed by atoms with Gasteiger partial charge in [0.15, 0.2) is 5.69 Å². The van der Waals surface area contributed by atoms with Crippen LogP contribution in [0.5, 0.6) is 0 Å². The Morgan fingerprint density at radius 1 is 1.43 bits per heavy atom. The van der Waals surface area contributed by atoms with E-state index in [4.69, 9.17) is 0 Å². The van der Waals surface area contributed by atoms with Crippen LogP contribution >= 0.6 is 22.7 Å². The van der Waals surface area contributed by atoms with Crippen molar-refractivity contribution in [3.8, 4) is 0 Å². The number of aromatic carboxylic acids is 1. The number of nitrogens with one attached hydrogen (secondary N) is 1. The highest BCUT2D eigenvalue weighted by Crippen LogP contribution is 2.33. The highest BCUT2D eigenvalue weighted by Gasteiger charge is 2.23. The Morgan fingerprint density at radius 2 is 2.22 bits per heavy atom. The number of rotatable bonds is 4. The van der Waals surface area contributed by atoms with Crippen molar-refractivity contribution < 1.29 is 14.7 Å². The van der Waals surface area contributed by atoms with Gasteiger partial charge in [0.05, 0.1) is 9.88 Å². The summed E-state index contributed by atoms with van der Waals surface area (Å²) >= 11 is 2.74. The average Bonchev–Trinajstić information content (AvgIpc) is 3.10. The molecule has 1 amide bonds. The van der Waals surface area contributed by atoms with E-state index in [0.29, 0.717) is 27.2 Å². The van der Waals surface area contributed by atoms with Gasteiger partial charge in [-0.1, -0.05) is 13.8 Å². The maximum absolute atomic E-state index is 12.5. The molecule has 0 bridgehead atoms. The number of aromatic nitrogens is 1. The predicted octanol–water partition coefficient (Wildman–Crippen LogP) is 3.84. The Labute approximate surface area is 142 Å². The number of fused-ring (bicyclic) bond motifs is 1. The zero-order valence-corrected chi connectivity index (χ0v) is 14.6. The van der Waals surface area contributed by atoms with E-state index >= 15 is 0 Å². The van der Waals surface area contributed by atoms with Crippen LogP contribution in [-0.4, -0.2) is 22.0 Å². The molecule has 0 saturated carbocycles. The molecule has 1 unspecified atom stereocenters. The van der Waals surface area contributed by atoms with Gasteiger partial charge >= 0.3 is 5.97 Å². The average molecular weight is 350 g/mol. The predicted molar refractivity (Wildman–Crippen MR) is 91.9 cm³/mol. The molecule has 7 heteroatoms. The van der Waals surface area contributed by atoms with Gasteiger partial charge in [-0.3, -0.25) is 4.79 Å². The highest BCUT2D eigenvalue weighted by atomic mass is 32.1. The molecule has 5 nitrogen and oxygen atoms in total. The molecule has 1 aliphatic rings. The fourth-order valence-electron chi connectivity index (χ4n) is 2.73. The van der Waals surface area contributed by atoms with Gasteiger partial charge in [0.25, 0.3) is 5.91 Å². The first-order valence-electron chi connectivity index (χ1n) is 7.63. The summed E-state index contributed by atoms with van der Waals surface area (Å²) in [4.78, 5) is 29.7. The molecular formula is C16H18N2O3S2. The molecule has 0 radical (unpaired) electrons. The lowest BCUT2D eigenvalue weighted by Gasteiger charge is -2.16. The van der Waals surface area contributed by atoms with Crippen molar-refractivity contribution in [1.29, 1.82) is 0 Å². The molecule has 3 rings (SSSR count). The van der Waals surface area contributed by atoms with Crippen molar-refractivity contribution in [3.63, 3.8) is 0 Å². The van der Waals surface area contributed by atoms with Crippen LogP contribution in [0.3, 0.4) is 0 Å². The molecule has 0 fully saturated rings. The van der Waals surface area contributed by atoms with E-state index in [0.717, 1.165) is 19.3 Å². The summed E-state index contributed by atoms with van der Waals surface area (Å²) in [6, 6.07) is 1.95. The van der Waals surface area contributed by atoms with E-state index in [1.165, 1.54) is 33.1 Å². The van der Waals surface area contributed by atoms with Crippen molar-refractivity contribution in [2.45, 2.75) is 39.5 Å². The molecule has 0 spiro atoms. The van der Waals surface area contributed by atoms with E-state index in [-0.39, 0.29) is 11.6 Å². The molecule has 2 N–H and O–H groups in total. The quantitative estimate of drug-likeness (QED) is 0.878. The number of carbonyl (C=O) groups is 2. The van der Waals surface area contributed by atoms with Gasteiger partial charge in [-0.25, -0.2) is 9.78 Å². The van der Waals surface area contributed by atoms with Crippen molar-refractivity contribution in [1.82, 2.24) is 4.98 Å². The number of anilines is 1. The topological polar surface area (TPSA) is 79.3 Å². The van der Waals surface area contributed by atoms with E-state index in [2.05, 4.69) is 17.2 Å². The minimum Gasteiger partial charge on any atom is -0.476 e. The van der Waals surface area contributed by atoms with Crippen molar-refractivity contribution >= 4 is 39.6 Å².